The van der Waals surface area contributed by atoms with E-state index in [2.05, 4.69) is 46.8 Å². The van der Waals surface area contributed by atoms with E-state index in [0.717, 1.165) is 25.2 Å². The van der Waals surface area contributed by atoms with Crippen LogP contribution in [0.2, 0.25) is 5.02 Å². The predicted molar refractivity (Wildman–Crippen MR) is 274 cm³/mol. The summed E-state index contributed by atoms with van der Waals surface area (Å²) in [4.78, 5) is 50.6. The summed E-state index contributed by atoms with van der Waals surface area (Å²) in [6, 6.07) is 0. The van der Waals surface area contributed by atoms with Crippen LogP contribution in [0, 0.1) is 40.4 Å². The Balaban J connectivity index is 0.000000461. The molecule has 0 aromatic carbocycles. The van der Waals surface area contributed by atoms with E-state index in [1.54, 1.807) is 12.9 Å². The van der Waals surface area contributed by atoms with Crippen LogP contribution in [0.4, 0.5) is 30.2 Å². The molecule has 0 bridgehead atoms. The van der Waals surface area contributed by atoms with Crippen LogP contribution in [-0.2, 0) is 28.6 Å². The zero-order chi connectivity index (χ0) is 50.7. The first-order valence-corrected chi connectivity index (χ1v) is 25.5. The number of nitrogens with two attached hydrogens (primary N) is 1. The molecule has 13 nitrogen and oxygen atoms in total. The molecule has 0 unspecified atom stereocenters. The van der Waals surface area contributed by atoms with Crippen molar-refractivity contribution in [1.29, 1.82) is 5.16 Å². The van der Waals surface area contributed by atoms with Crippen LogP contribution in [-0.4, -0.2) is 82.5 Å². The van der Waals surface area contributed by atoms with Crippen molar-refractivity contribution < 1.29 is 41.8 Å². The molecule has 3 aromatic rings. The van der Waals surface area contributed by atoms with Crippen molar-refractivity contribution in [2.75, 3.05) is 48.4 Å². The number of nitrogens with zero attached hydrogens (tertiary/aromatic N) is 5. The normalized spacial score (nSPS) is 15.8. The number of anilines is 3. The number of rotatable bonds is 5. The summed E-state index contributed by atoms with van der Waals surface area (Å²) in [7, 11) is 0.667. The van der Waals surface area contributed by atoms with Gasteiger partial charge in [-0.3, -0.25) is 34.5 Å². The van der Waals surface area contributed by atoms with Crippen molar-refractivity contribution in [3.8, 4) is 0 Å². The number of halogens is 7. The van der Waals surface area contributed by atoms with Gasteiger partial charge in [0.2, 0.25) is 0 Å². The highest BCUT2D eigenvalue weighted by molar-refractivity contribution is 9.11. The van der Waals surface area contributed by atoms with Gasteiger partial charge in [-0.2, -0.15) is 0 Å². The third-order valence-electron chi connectivity index (χ3n) is 9.97. The fourth-order valence-electron chi connectivity index (χ4n) is 7.05. The number of esters is 3. The number of hydrogen-bond acceptors (Lipinski definition) is 13. The van der Waals surface area contributed by atoms with Gasteiger partial charge in [0.05, 0.1) is 73.6 Å². The maximum Gasteiger partial charge on any atom is 0.309 e. The summed E-state index contributed by atoms with van der Waals surface area (Å²) in [6.07, 6.45) is 16.2. The van der Waals surface area contributed by atoms with Crippen LogP contribution in [0.25, 0.3) is 0 Å². The highest BCUT2D eigenvalue weighted by Crippen LogP contribution is 2.34. The number of hydrogen-bond donors (Lipinski definition) is 2. The van der Waals surface area contributed by atoms with E-state index in [9.17, 15) is 27.6 Å². The van der Waals surface area contributed by atoms with Gasteiger partial charge in [0.25, 0.3) is 0 Å². The summed E-state index contributed by atoms with van der Waals surface area (Å²) >= 11 is 11.8. The molecule has 3 fully saturated rings. The van der Waals surface area contributed by atoms with Gasteiger partial charge in [-0.05, 0) is 148 Å². The number of carbonyl (C=O) groups is 3. The van der Waals surface area contributed by atoms with E-state index < -0.39 is 22.8 Å². The Morgan fingerprint density at radius 3 is 1.28 bits per heavy atom. The van der Waals surface area contributed by atoms with Gasteiger partial charge in [-0.1, -0.05) is 30.9 Å². The maximum atomic E-state index is 13.9. The number of nitrogen functional groups attached to an aromatic ring is 1. The molecule has 3 aliphatic rings. The van der Waals surface area contributed by atoms with Crippen LogP contribution in [0.3, 0.4) is 0 Å². The lowest BCUT2D eigenvalue weighted by Gasteiger charge is -2.34. The number of aromatic nitrogens is 3. The van der Waals surface area contributed by atoms with Crippen molar-refractivity contribution in [3.05, 3.63) is 68.6 Å². The molecule has 2 aliphatic heterocycles. The Morgan fingerprint density at radius 1 is 0.618 bits per heavy atom. The average Bonchev–Trinajstić information content (AvgIpc) is 3.23. The monoisotopic (exact) mass is 1140 g/mol. The molecule has 21 heteroatoms. The Labute approximate surface area is 430 Å². The molecular formula is C47H69Br2Cl2F3N7O6P. The lowest BCUT2D eigenvalue weighted by molar-refractivity contribution is -0.162. The largest absolute Gasteiger partial charge is 0.460 e. The summed E-state index contributed by atoms with van der Waals surface area (Å²) < 4.78 is 57.3. The first kappa shape index (κ1) is 62.7. The standard InChI is InChI=1S/C15H20BrFN2O2.C15H22FN3O2.C11H20O2.C5H2BrClFN.CH4NP.ClH/c2*1-15(2,3)21-14(20)10-4-6-19(7-5-10)13-11(16)8-18-9-12(13)17;1-11(2,3)13-10(12)9-7-5-4-6-8-9;6-3-1-9-2-4(8)5(3)7;1-3-2;/h8-10H,4-7H2,1-3H3;8-10H,4-7,17H2,1-3H3;9H,4-8H2,1-3H3;1-2H;2H,1H3;1H. The minimum absolute atomic E-state index is 0. The van der Waals surface area contributed by atoms with Crippen molar-refractivity contribution in [2.24, 2.45) is 17.8 Å². The SMILES string of the molecule is CC(C)(C)OC(=O)C1CCCCC1.CC(C)(C)OC(=O)C1CCN(c2c(F)cncc2Br)CC1.CC(C)(C)OC(=O)C1CCN(c2c(N)cncc2F)CC1.CP=N.Cl.Fc1cncc(Br)c1Cl. The minimum Gasteiger partial charge on any atom is -0.460 e. The van der Waals surface area contributed by atoms with Gasteiger partial charge in [0, 0.05) is 38.6 Å². The Bertz CT molecular complexity index is 1900. The lowest BCUT2D eigenvalue weighted by atomic mass is 9.89. The molecular weight excluding hydrogens is 1080 g/mol. The summed E-state index contributed by atoms with van der Waals surface area (Å²) in [5.41, 5.74) is 5.76. The quantitative estimate of drug-likeness (QED) is 0.141. The first-order valence-electron chi connectivity index (χ1n) is 22.2. The number of piperidine rings is 2. The van der Waals surface area contributed by atoms with Crippen molar-refractivity contribution in [3.63, 3.8) is 0 Å². The smallest absolute Gasteiger partial charge is 0.309 e. The molecule has 0 spiro atoms. The van der Waals surface area contributed by atoms with E-state index >= 15 is 0 Å². The predicted octanol–water partition coefficient (Wildman–Crippen LogP) is 13.2. The number of carbonyl (C=O) groups excluding carboxylic acids is 3. The lowest BCUT2D eigenvalue weighted by Crippen LogP contribution is -2.39. The van der Waals surface area contributed by atoms with Gasteiger partial charge >= 0.3 is 17.9 Å². The van der Waals surface area contributed by atoms with E-state index in [4.69, 9.17) is 36.7 Å². The van der Waals surface area contributed by atoms with Crippen molar-refractivity contribution in [2.45, 2.75) is 137 Å². The first-order chi connectivity index (χ1) is 31.2. The molecule has 0 amide bonds. The zero-order valence-electron chi connectivity index (χ0n) is 40.8. The molecule has 5 heterocycles. The molecule has 0 atom stereocenters. The van der Waals surface area contributed by atoms with Gasteiger partial charge in [0.1, 0.15) is 16.8 Å². The molecule has 3 aromatic heterocycles. The summed E-state index contributed by atoms with van der Waals surface area (Å²) in [5.74, 6) is -1.67. The molecule has 68 heavy (non-hydrogen) atoms. The fourth-order valence-corrected chi connectivity index (χ4v) is 8.01. The third kappa shape index (κ3) is 23.1. The van der Waals surface area contributed by atoms with Crippen LogP contribution in [0.5, 0.6) is 0 Å². The van der Waals surface area contributed by atoms with Crippen LogP contribution in [0.1, 0.15) is 120 Å². The van der Waals surface area contributed by atoms with E-state index in [0.29, 0.717) is 86.2 Å². The molecule has 3 N–H and O–H groups in total. The highest BCUT2D eigenvalue weighted by atomic mass is 79.9. The number of nitrogens with one attached hydrogen (secondary N) is 1. The number of ether oxygens (including phenoxy) is 3. The fraction of sp³-hybridized carbons (Fsp3) is 0.617. The molecule has 1 saturated carbocycles. The minimum atomic E-state index is -0.508. The second-order valence-corrected chi connectivity index (χ2v) is 21.6. The van der Waals surface area contributed by atoms with E-state index in [-0.39, 0.29) is 64.5 Å². The van der Waals surface area contributed by atoms with Crippen LogP contribution in [0.15, 0.2) is 46.1 Å². The van der Waals surface area contributed by atoms with Gasteiger partial charge in [-0.15, -0.1) is 12.4 Å². The van der Waals surface area contributed by atoms with E-state index in [1.165, 1.54) is 37.9 Å². The van der Waals surface area contributed by atoms with Gasteiger partial charge in [-0.25, -0.2) is 13.2 Å². The zero-order valence-corrected chi connectivity index (χ0v) is 46.4. The summed E-state index contributed by atoms with van der Waals surface area (Å²) in [5, 5.41) is 6.25. The second-order valence-electron chi connectivity index (χ2n) is 19.1. The van der Waals surface area contributed by atoms with Crippen LogP contribution >= 0.6 is 64.2 Å². The van der Waals surface area contributed by atoms with Crippen molar-refractivity contribution in [1.82, 2.24) is 15.0 Å². The average molecular weight is 1150 g/mol. The van der Waals surface area contributed by atoms with Crippen molar-refractivity contribution >= 4 is 99.2 Å². The Hall–Kier alpha value is -3.31. The Kier molecular flexibility index (Phi) is 27.5. The topological polar surface area (TPSA) is 174 Å². The molecule has 2 saturated heterocycles. The third-order valence-corrected chi connectivity index (χ3v) is 11.8. The van der Waals surface area contributed by atoms with Crippen LogP contribution < -0.4 is 15.5 Å². The maximum absolute atomic E-state index is 13.9. The van der Waals surface area contributed by atoms with Gasteiger partial charge < -0.3 is 29.7 Å². The number of pyridine rings is 3. The molecule has 6 rings (SSSR count). The second kappa shape index (κ2) is 29.8. The van der Waals surface area contributed by atoms with E-state index in [1.807, 2.05) is 72.1 Å². The highest BCUT2D eigenvalue weighted by Gasteiger charge is 2.32. The Morgan fingerprint density at radius 2 is 0.941 bits per heavy atom. The molecule has 382 valence electrons. The molecule has 1 aliphatic carbocycles. The summed E-state index contributed by atoms with van der Waals surface area (Å²) in [6.45, 7) is 21.1. The molecule has 0 radical (unpaired) electrons. The van der Waals surface area contributed by atoms with Gasteiger partial charge in [0.15, 0.2) is 17.5 Å².